The van der Waals surface area contributed by atoms with Crippen LogP contribution in [0.5, 0.6) is 0 Å². The molecule has 0 bridgehead atoms. The molecule has 0 aromatic heterocycles. The first-order chi connectivity index (χ1) is 4.68. The molecule has 3 nitrogen and oxygen atoms in total. The van der Waals surface area contributed by atoms with Crippen LogP contribution in [-0.2, 0) is 4.79 Å². The van der Waals surface area contributed by atoms with Crippen LogP contribution in [0.2, 0.25) is 0 Å². The van der Waals surface area contributed by atoms with Crippen LogP contribution in [0.3, 0.4) is 0 Å². The van der Waals surface area contributed by atoms with E-state index in [9.17, 15) is 4.79 Å². The number of aliphatic carboxylic acids is 1. The average Bonchev–Trinajstić information content (AvgIpc) is 2.13. The van der Waals surface area contributed by atoms with Gasteiger partial charge in [0.05, 0.1) is 6.42 Å². The third-order valence-corrected chi connectivity index (χ3v) is 1.89. The van der Waals surface area contributed by atoms with E-state index in [1.165, 1.54) is 0 Å². The number of hydrogen-bond donors (Lipinski definition) is 2. The van der Waals surface area contributed by atoms with Crippen molar-refractivity contribution in [3.8, 4) is 0 Å². The van der Waals surface area contributed by atoms with Crippen LogP contribution in [-0.4, -0.2) is 23.2 Å². The van der Waals surface area contributed by atoms with Crippen LogP contribution in [0.1, 0.15) is 26.2 Å². The maximum atomic E-state index is 10.2. The highest BCUT2D eigenvalue weighted by Crippen LogP contribution is 2.13. The second-order valence-corrected chi connectivity index (χ2v) is 2.94. The van der Waals surface area contributed by atoms with Gasteiger partial charge in [-0.3, -0.25) is 4.79 Å². The Labute approximate surface area is 60.4 Å². The molecule has 2 atom stereocenters. The van der Waals surface area contributed by atoms with Crippen LogP contribution in [0, 0.1) is 0 Å². The fourth-order valence-electron chi connectivity index (χ4n) is 1.39. The molecule has 0 aliphatic carbocycles. The molecule has 1 fully saturated rings. The highest BCUT2D eigenvalue weighted by molar-refractivity contribution is 5.67. The number of nitrogens with one attached hydrogen (secondary N) is 1. The zero-order valence-electron chi connectivity index (χ0n) is 6.13. The molecule has 0 aromatic carbocycles. The lowest BCUT2D eigenvalue weighted by Gasteiger charge is -2.07. The maximum Gasteiger partial charge on any atom is 0.304 e. The Balaban J connectivity index is 2.24. The van der Waals surface area contributed by atoms with Gasteiger partial charge in [0.2, 0.25) is 0 Å². The van der Waals surface area contributed by atoms with Gasteiger partial charge >= 0.3 is 5.97 Å². The van der Waals surface area contributed by atoms with E-state index in [0.717, 1.165) is 12.8 Å². The van der Waals surface area contributed by atoms with Crippen molar-refractivity contribution in [2.45, 2.75) is 38.3 Å². The first kappa shape index (κ1) is 7.54. The number of carbonyl (C=O) groups is 1. The van der Waals surface area contributed by atoms with Crippen molar-refractivity contribution in [1.29, 1.82) is 0 Å². The van der Waals surface area contributed by atoms with E-state index in [1.807, 2.05) is 0 Å². The molecule has 1 aliphatic heterocycles. The minimum Gasteiger partial charge on any atom is -0.481 e. The summed E-state index contributed by atoms with van der Waals surface area (Å²) in [5, 5.41) is 11.6. The van der Waals surface area contributed by atoms with E-state index in [0.29, 0.717) is 6.04 Å². The molecular formula is C7H13NO2. The topological polar surface area (TPSA) is 49.3 Å². The van der Waals surface area contributed by atoms with Crippen molar-refractivity contribution in [2.24, 2.45) is 0 Å². The lowest BCUT2D eigenvalue weighted by molar-refractivity contribution is -0.137. The zero-order chi connectivity index (χ0) is 7.56. The second kappa shape index (κ2) is 3.01. The van der Waals surface area contributed by atoms with E-state index in [2.05, 4.69) is 12.2 Å². The molecule has 0 spiro atoms. The first-order valence-corrected chi connectivity index (χ1v) is 3.66. The van der Waals surface area contributed by atoms with E-state index >= 15 is 0 Å². The Kier molecular flexibility index (Phi) is 2.27. The Hall–Kier alpha value is -0.570. The summed E-state index contributed by atoms with van der Waals surface area (Å²) in [6, 6.07) is 0.719. The molecule has 0 aromatic rings. The van der Waals surface area contributed by atoms with Gasteiger partial charge in [-0.25, -0.2) is 0 Å². The van der Waals surface area contributed by atoms with Crippen molar-refractivity contribution in [1.82, 2.24) is 5.32 Å². The molecule has 0 radical (unpaired) electrons. The Morgan fingerprint density at radius 1 is 1.70 bits per heavy atom. The Bertz CT molecular complexity index is 136. The minimum atomic E-state index is -0.702. The summed E-state index contributed by atoms with van der Waals surface area (Å²) >= 11 is 0. The van der Waals surface area contributed by atoms with Gasteiger partial charge in [-0.1, -0.05) is 0 Å². The smallest absolute Gasteiger partial charge is 0.304 e. The van der Waals surface area contributed by atoms with Crippen molar-refractivity contribution < 1.29 is 9.90 Å². The molecule has 0 unspecified atom stereocenters. The highest BCUT2D eigenvalue weighted by Gasteiger charge is 2.21. The number of carboxylic acid groups (broad SMARTS) is 1. The summed E-state index contributed by atoms with van der Waals surface area (Å²) < 4.78 is 0. The van der Waals surface area contributed by atoms with E-state index in [4.69, 9.17) is 5.11 Å². The van der Waals surface area contributed by atoms with E-state index in [-0.39, 0.29) is 12.5 Å². The quantitative estimate of drug-likeness (QED) is 0.595. The fraction of sp³-hybridized carbons (Fsp3) is 0.857. The number of rotatable bonds is 2. The summed E-state index contributed by atoms with van der Waals surface area (Å²) in [4.78, 5) is 10.2. The summed E-state index contributed by atoms with van der Waals surface area (Å²) in [6.07, 6.45) is 2.38. The summed E-state index contributed by atoms with van der Waals surface area (Å²) in [6.45, 7) is 2.09. The molecular weight excluding hydrogens is 130 g/mol. The standard InChI is InChI=1S/C7H13NO2/c1-5-2-3-6(8-5)4-7(9)10/h5-6,8H,2-4H2,1H3,(H,9,10)/t5-,6+/m0/s1. The average molecular weight is 143 g/mol. The monoisotopic (exact) mass is 143 g/mol. The molecule has 1 heterocycles. The fourth-order valence-corrected chi connectivity index (χ4v) is 1.39. The van der Waals surface area contributed by atoms with Crippen molar-refractivity contribution in [3.63, 3.8) is 0 Å². The largest absolute Gasteiger partial charge is 0.481 e. The predicted octanol–water partition coefficient (Wildman–Crippen LogP) is 0.602. The van der Waals surface area contributed by atoms with Crippen molar-refractivity contribution in [2.75, 3.05) is 0 Å². The zero-order valence-corrected chi connectivity index (χ0v) is 6.13. The van der Waals surface area contributed by atoms with Gasteiger partial charge in [0, 0.05) is 12.1 Å². The minimum absolute atomic E-state index is 0.215. The summed E-state index contributed by atoms with van der Waals surface area (Å²) in [7, 11) is 0. The van der Waals surface area contributed by atoms with Gasteiger partial charge in [0.1, 0.15) is 0 Å². The predicted molar refractivity (Wildman–Crippen MR) is 37.9 cm³/mol. The van der Waals surface area contributed by atoms with Crippen LogP contribution in [0.4, 0.5) is 0 Å². The highest BCUT2D eigenvalue weighted by atomic mass is 16.4. The van der Waals surface area contributed by atoms with Crippen LogP contribution in [0.15, 0.2) is 0 Å². The first-order valence-electron chi connectivity index (χ1n) is 3.66. The molecule has 1 saturated heterocycles. The SMILES string of the molecule is C[C@H]1CC[C@H](CC(=O)O)N1. The molecule has 0 amide bonds. The van der Waals surface area contributed by atoms with E-state index in [1.54, 1.807) is 0 Å². The van der Waals surface area contributed by atoms with Crippen molar-refractivity contribution in [3.05, 3.63) is 0 Å². The molecule has 3 heteroatoms. The van der Waals surface area contributed by atoms with Crippen molar-refractivity contribution >= 4 is 5.97 Å². The molecule has 10 heavy (non-hydrogen) atoms. The van der Waals surface area contributed by atoms with Crippen LogP contribution in [0.25, 0.3) is 0 Å². The maximum absolute atomic E-state index is 10.2. The van der Waals surface area contributed by atoms with E-state index < -0.39 is 5.97 Å². The molecule has 1 aliphatic rings. The molecule has 1 rings (SSSR count). The Morgan fingerprint density at radius 2 is 2.40 bits per heavy atom. The third-order valence-electron chi connectivity index (χ3n) is 1.89. The third kappa shape index (κ3) is 1.99. The van der Waals surface area contributed by atoms with Gasteiger partial charge in [-0.05, 0) is 19.8 Å². The van der Waals surface area contributed by atoms with Gasteiger partial charge in [0.15, 0.2) is 0 Å². The van der Waals surface area contributed by atoms with Gasteiger partial charge < -0.3 is 10.4 Å². The summed E-state index contributed by atoms with van der Waals surface area (Å²) in [5.41, 5.74) is 0. The summed E-state index contributed by atoms with van der Waals surface area (Å²) in [5.74, 6) is -0.702. The lowest BCUT2D eigenvalue weighted by atomic mass is 10.1. The van der Waals surface area contributed by atoms with Gasteiger partial charge in [0.25, 0.3) is 0 Å². The van der Waals surface area contributed by atoms with Crippen LogP contribution >= 0.6 is 0 Å². The normalized spacial score (nSPS) is 32.5. The lowest BCUT2D eigenvalue weighted by Crippen LogP contribution is -2.29. The van der Waals surface area contributed by atoms with Crippen LogP contribution < -0.4 is 5.32 Å². The number of carboxylic acids is 1. The number of hydrogen-bond acceptors (Lipinski definition) is 2. The molecule has 0 saturated carbocycles. The Morgan fingerprint density at radius 3 is 2.80 bits per heavy atom. The molecule has 2 N–H and O–H groups in total. The molecule has 58 valence electrons. The second-order valence-electron chi connectivity index (χ2n) is 2.94. The van der Waals surface area contributed by atoms with Gasteiger partial charge in [-0.2, -0.15) is 0 Å². The van der Waals surface area contributed by atoms with Gasteiger partial charge in [-0.15, -0.1) is 0 Å².